The molecule has 3 rings (SSSR count). The smallest absolute Gasteiger partial charge is 0.0123 e. The Balaban J connectivity index is 1.49. The van der Waals surface area contributed by atoms with Gasteiger partial charge in [-0.3, -0.25) is 0 Å². The van der Waals surface area contributed by atoms with Gasteiger partial charge in [-0.05, 0) is 76.5 Å². The van der Waals surface area contributed by atoms with Crippen molar-refractivity contribution < 1.29 is 0 Å². The molecule has 3 unspecified atom stereocenters. The van der Waals surface area contributed by atoms with Crippen molar-refractivity contribution in [1.82, 2.24) is 10.2 Å². The average molecular weight is 222 g/mol. The lowest BCUT2D eigenvalue weighted by Crippen LogP contribution is -2.43. The van der Waals surface area contributed by atoms with E-state index in [9.17, 15) is 0 Å². The fourth-order valence-corrected chi connectivity index (χ4v) is 4.14. The number of nitrogens with zero attached hydrogens (tertiary/aromatic N) is 1. The van der Waals surface area contributed by atoms with Crippen LogP contribution in [0.4, 0.5) is 0 Å². The molecule has 2 nitrogen and oxygen atoms in total. The first-order valence-electron chi connectivity index (χ1n) is 7.38. The summed E-state index contributed by atoms with van der Waals surface area (Å²) >= 11 is 0. The molecule has 0 aromatic heterocycles. The van der Waals surface area contributed by atoms with Gasteiger partial charge in [0.2, 0.25) is 0 Å². The number of piperidine rings is 1. The largest absolute Gasteiger partial charge is 0.316 e. The van der Waals surface area contributed by atoms with E-state index in [1.807, 2.05) is 0 Å². The van der Waals surface area contributed by atoms with Crippen molar-refractivity contribution in [3.63, 3.8) is 0 Å². The zero-order chi connectivity index (χ0) is 10.8. The minimum atomic E-state index is 0.974. The Morgan fingerprint density at radius 1 is 1.06 bits per heavy atom. The minimum Gasteiger partial charge on any atom is -0.316 e. The van der Waals surface area contributed by atoms with E-state index in [1.54, 1.807) is 0 Å². The molecule has 2 aliphatic heterocycles. The van der Waals surface area contributed by atoms with E-state index in [4.69, 9.17) is 0 Å². The highest BCUT2D eigenvalue weighted by atomic mass is 15.2. The van der Waals surface area contributed by atoms with E-state index in [-0.39, 0.29) is 0 Å². The molecule has 0 spiro atoms. The third kappa shape index (κ3) is 2.28. The van der Waals surface area contributed by atoms with Gasteiger partial charge in [-0.1, -0.05) is 6.42 Å². The summed E-state index contributed by atoms with van der Waals surface area (Å²) in [7, 11) is 0. The minimum absolute atomic E-state index is 0.974. The fourth-order valence-electron chi connectivity index (χ4n) is 4.14. The quantitative estimate of drug-likeness (QED) is 0.788. The van der Waals surface area contributed by atoms with Crippen molar-refractivity contribution in [2.75, 3.05) is 26.2 Å². The molecule has 92 valence electrons. The number of likely N-dealkylation sites (tertiary alicyclic amines) is 1. The van der Waals surface area contributed by atoms with Crippen LogP contribution >= 0.6 is 0 Å². The second-order valence-corrected chi connectivity index (χ2v) is 6.08. The summed E-state index contributed by atoms with van der Waals surface area (Å²) in [6, 6.07) is 0.975. The van der Waals surface area contributed by atoms with Crippen molar-refractivity contribution in [1.29, 1.82) is 0 Å². The number of rotatable bonds is 3. The zero-order valence-corrected chi connectivity index (χ0v) is 10.5. The maximum Gasteiger partial charge on any atom is 0.0123 e. The number of fused-ring (bicyclic) bond motifs is 1. The highest BCUT2D eigenvalue weighted by molar-refractivity contribution is 4.89. The third-order valence-corrected chi connectivity index (χ3v) is 5.10. The first-order valence-corrected chi connectivity index (χ1v) is 7.38. The topological polar surface area (TPSA) is 15.3 Å². The SMILES string of the molecule is C1CC2CCCN(CCC3CCNC3)C2C1. The molecule has 0 aromatic rings. The van der Waals surface area contributed by atoms with E-state index in [2.05, 4.69) is 10.2 Å². The number of hydrogen-bond acceptors (Lipinski definition) is 2. The van der Waals surface area contributed by atoms with Gasteiger partial charge in [-0.2, -0.15) is 0 Å². The average Bonchev–Trinajstić information content (AvgIpc) is 2.97. The maximum atomic E-state index is 3.49. The van der Waals surface area contributed by atoms with Gasteiger partial charge >= 0.3 is 0 Å². The summed E-state index contributed by atoms with van der Waals surface area (Å²) < 4.78 is 0. The van der Waals surface area contributed by atoms with Crippen molar-refractivity contribution in [2.24, 2.45) is 11.8 Å². The molecule has 0 amide bonds. The molecule has 0 radical (unpaired) electrons. The number of nitrogens with one attached hydrogen (secondary N) is 1. The van der Waals surface area contributed by atoms with E-state index in [1.165, 1.54) is 71.1 Å². The van der Waals surface area contributed by atoms with Crippen molar-refractivity contribution in [3.8, 4) is 0 Å². The third-order valence-electron chi connectivity index (χ3n) is 5.10. The normalized spacial score (nSPS) is 40.1. The molecular formula is C14H26N2. The summed E-state index contributed by atoms with van der Waals surface area (Å²) in [6.07, 6.45) is 10.4. The first-order chi connectivity index (χ1) is 7.93. The molecule has 0 bridgehead atoms. The maximum absolute atomic E-state index is 3.49. The Hall–Kier alpha value is -0.0800. The van der Waals surface area contributed by atoms with Crippen LogP contribution in [0, 0.1) is 11.8 Å². The Kier molecular flexibility index (Phi) is 3.49. The summed E-state index contributed by atoms with van der Waals surface area (Å²) in [5.41, 5.74) is 0. The second-order valence-electron chi connectivity index (χ2n) is 6.08. The van der Waals surface area contributed by atoms with Gasteiger partial charge in [0.25, 0.3) is 0 Å². The van der Waals surface area contributed by atoms with E-state index in [0.717, 1.165) is 17.9 Å². The summed E-state index contributed by atoms with van der Waals surface area (Å²) in [5, 5.41) is 3.49. The Morgan fingerprint density at radius 2 is 2.00 bits per heavy atom. The zero-order valence-electron chi connectivity index (χ0n) is 10.5. The van der Waals surface area contributed by atoms with Crippen LogP contribution in [0.5, 0.6) is 0 Å². The van der Waals surface area contributed by atoms with Crippen LogP contribution in [0.3, 0.4) is 0 Å². The Bertz CT molecular complexity index is 223. The van der Waals surface area contributed by atoms with Crippen LogP contribution in [0.25, 0.3) is 0 Å². The molecule has 2 heterocycles. The molecular weight excluding hydrogens is 196 g/mol. The number of hydrogen-bond donors (Lipinski definition) is 1. The Labute approximate surface area is 99.8 Å². The van der Waals surface area contributed by atoms with E-state index < -0.39 is 0 Å². The molecule has 0 aromatic carbocycles. The van der Waals surface area contributed by atoms with Gasteiger partial charge in [0.15, 0.2) is 0 Å². The molecule has 1 N–H and O–H groups in total. The molecule has 2 heteroatoms. The van der Waals surface area contributed by atoms with Gasteiger partial charge in [-0.25, -0.2) is 0 Å². The molecule has 3 aliphatic rings. The van der Waals surface area contributed by atoms with Crippen LogP contribution in [0.1, 0.15) is 44.9 Å². The summed E-state index contributed by atoms with van der Waals surface area (Å²) in [5.74, 6) is 2.04. The predicted molar refractivity (Wildman–Crippen MR) is 67.5 cm³/mol. The van der Waals surface area contributed by atoms with Gasteiger partial charge in [0.05, 0.1) is 0 Å². The molecule has 1 saturated carbocycles. The first kappa shape index (κ1) is 11.0. The lowest BCUT2D eigenvalue weighted by Gasteiger charge is -2.38. The van der Waals surface area contributed by atoms with Crippen molar-refractivity contribution in [2.45, 2.75) is 51.0 Å². The fraction of sp³-hybridized carbons (Fsp3) is 1.00. The van der Waals surface area contributed by atoms with Gasteiger partial charge in [0, 0.05) is 6.04 Å². The lowest BCUT2D eigenvalue weighted by atomic mass is 9.91. The second kappa shape index (κ2) is 5.05. The molecule has 2 saturated heterocycles. The van der Waals surface area contributed by atoms with Crippen LogP contribution in [0.2, 0.25) is 0 Å². The predicted octanol–water partition coefficient (Wildman–Crippen LogP) is 2.25. The van der Waals surface area contributed by atoms with Crippen LogP contribution < -0.4 is 5.32 Å². The van der Waals surface area contributed by atoms with Crippen molar-refractivity contribution in [3.05, 3.63) is 0 Å². The monoisotopic (exact) mass is 222 g/mol. The highest BCUT2D eigenvalue weighted by Crippen LogP contribution is 2.36. The van der Waals surface area contributed by atoms with Crippen LogP contribution in [-0.2, 0) is 0 Å². The standard InChI is InChI=1S/C14H26N2/c1-3-13-4-2-9-16(14(13)5-1)10-7-12-6-8-15-11-12/h12-15H,1-11H2. The van der Waals surface area contributed by atoms with Crippen LogP contribution in [0.15, 0.2) is 0 Å². The Morgan fingerprint density at radius 3 is 2.88 bits per heavy atom. The van der Waals surface area contributed by atoms with Crippen LogP contribution in [-0.4, -0.2) is 37.1 Å². The highest BCUT2D eigenvalue weighted by Gasteiger charge is 2.34. The van der Waals surface area contributed by atoms with E-state index in [0.29, 0.717) is 0 Å². The van der Waals surface area contributed by atoms with Gasteiger partial charge in [-0.15, -0.1) is 0 Å². The summed E-state index contributed by atoms with van der Waals surface area (Å²) in [4.78, 5) is 2.83. The van der Waals surface area contributed by atoms with Gasteiger partial charge < -0.3 is 10.2 Å². The molecule has 1 aliphatic carbocycles. The molecule has 3 atom stereocenters. The van der Waals surface area contributed by atoms with E-state index >= 15 is 0 Å². The molecule has 16 heavy (non-hydrogen) atoms. The lowest BCUT2D eigenvalue weighted by molar-refractivity contribution is 0.107. The van der Waals surface area contributed by atoms with Gasteiger partial charge in [0.1, 0.15) is 0 Å². The van der Waals surface area contributed by atoms with Crippen molar-refractivity contribution >= 4 is 0 Å². The molecule has 3 fully saturated rings. The summed E-state index contributed by atoms with van der Waals surface area (Å²) in [6.45, 7) is 5.31.